The second-order valence-corrected chi connectivity index (χ2v) is 6.48. The number of anilines is 1. The molecular formula is C11H12ClNO3S. The van der Waals surface area contributed by atoms with Crippen LogP contribution in [0.25, 0.3) is 0 Å². The SMILES string of the molecule is Cc1cc(C)c(N2C(=O)CCS2(=O)=O)c(Cl)c1. The van der Waals surface area contributed by atoms with Gasteiger partial charge in [-0.25, -0.2) is 12.7 Å². The highest BCUT2D eigenvalue weighted by Gasteiger charge is 2.38. The normalized spacial score (nSPS) is 18.8. The molecule has 1 amide bonds. The number of hydrogen-bond donors (Lipinski definition) is 0. The van der Waals surface area contributed by atoms with Gasteiger partial charge in [-0.3, -0.25) is 4.79 Å². The standard InChI is InChI=1S/C11H12ClNO3S/c1-7-5-8(2)11(9(12)6-7)13-10(14)3-4-17(13,15)16/h5-6H,3-4H2,1-2H3. The average molecular weight is 274 g/mol. The van der Waals surface area contributed by atoms with Crippen molar-refractivity contribution in [2.45, 2.75) is 20.3 Å². The third kappa shape index (κ3) is 2.05. The molecule has 1 heterocycles. The first-order valence-corrected chi connectivity index (χ1v) is 7.14. The van der Waals surface area contributed by atoms with E-state index in [4.69, 9.17) is 11.6 Å². The molecule has 4 nitrogen and oxygen atoms in total. The predicted molar refractivity (Wildman–Crippen MR) is 66.8 cm³/mol. The van der Waals surface area contributed by atoms with Crippen molar-refractivity contribution in [3.05, 3.63) is 28.3 Å². The van der Waals surface area contributed by atoms with Crippen LogP contribution in [-0.4, -0.2) is 20.1 Å². The predicted octanol–water partition coefficient (Wildman–Crippen LogP) is 2.02. The molecule has 0 unspecified atom stereocenters. The van der Waals surface area contributed by atoms with Crippen molar-refractivity contribution < 1.29 is 13.2 Å². The van der Waals surface area contributed by atoms with E-state index in [1.165, 1.54) is 0 Å². The molecule has 1 saturated heterocycles. The van der Waals surface area contributed by atoms with Gasteiger partial charge in [0.05, 0.1) is 16.5 Å². The number of aryl methyl sites for hydroxylation is 2. The van der Waals surface area contributed by atoms with Crippen LogP contribution in [0.5, 0.6) is 0 Å². The topological polar surface area (TPSA) is 54.5 Å². The zero-order valence-electron chi connectivity index (χ0n) is 9.53. The molecule has 0 radical (unpaired) electrons. The van der Waals surface area contributed by atoms with E-state index in [1.54, 1.807) is 13.0 Å². The molecule has 0 saturated carbocycles. The number of carbonyl (C=O) groups excluding carboxylic acids is 1. The van der Waals surface area contributed by atoms with Crippen molar-refractivity contribution in [2.75, 3.05) is 10.1 Å². The summed E-state index contributed by atoms with van der Waals surface area (Å²) in [5.41, 5.74) is 1.91. The minimum atomic E-state index is -3.55. The Morgan fingerprint density at radius 1 is 1.29 bits per heavy atom. The van der Waals surface area contributed by atoms with Gasteiger partial charge < -0.3 is 0 Å². The zero-order chi connectivity index (χ0) is 12.8. The Hall–Kier alpha value is -1.07. The van der Waals surface area contributed by atoms with Gasteiger partial charge in [-0.05, 0) is 31.0 Å². The van der Waals surface area contributed by atoms with E-state index in [1.807, 2.05) is 13.0 Å². The van der Waals surface area contributed by atoms with E-state index in [9.17, 15) is 13.2 Å². The third-order valence-electron chi connectivity index (χ3n) is 2.68. The van der Waals surface area contributed by atoms with Crippen LogP contribution in [0.4, 0.5) is 5.69 Å². The van der Waals surface area contributed by atoms with E-state index in [2.05, 4.69) is 0 Å². The number of sulfonamides is 1. The number of halogens is 1. The van der Waals surface area contributed by atoms with E-state index in [0.29, 0.717) is 16.3 Å². The fraction of sp³-hybridized carbons (Fsp3) is 0.364. The summed E-state index contributed by atoms with van der Waals surface area (Å²) in [6.45, 7) is 3.61. The lowest BCUT2D eigenvalue weighted by atomic mass is 10.1. The molecule has 0 N–H and O–H groups in total. The molecule has 1 aliphatic heterocycles. The van der Waals surface area contributed by atoms with Crippen molar-refractivity contribution in [3.63, 3.8) is 0 Å². The van der Waals surface area contributed by atoms with Gasteiger partial charge in [0.1, 0.15) is 0 Å². The Labute approximate surface area is 105 Å². The van der Waals surface area contributed by atoms with Crippen molar-refractivity contribution in [3.8, 4) is 0 Å². The smallest absolute Gasteiger partial charge is 0.242 e. The molecule has 17 heavy (non-hydrogen) atoms. The van der Waals surface area contributed by atoms with Crippen LogP contribution in [0, 0.1) is 13.8 Å². The van der Waals surface area contributed by atoms with Crippen LogP contribution in [0.1, 0.15) is 17.5 Å². The minimum Gasteiger partial charge on any atom is -0.273 e. The summed E-state index contributed by atoms with van der Waals surface area (Å²) in [5.74, 6) is -0.561. The molecule has 1 fully saturated rings. The first-order chi connectivity index (χ1) is 7.83. The number of rotatable bonds is 1. The molecule has 0 aliphatic carbocycles. The van der Waals surface area contributed by atoms with E-state index in [-0.39, 0.29) is 12.2 Å². The van der Waals surface area contributed by atoms with Crippen LogP contribution in [0.2, 0.25) is 5.02 Å². The Morgan fingerprint density at radius 2 is 1.94 bits per heavy atom. The van der Waals surface area contributed by atoms with Crippen LogP contribution in [0.3, 0.4) is 0 Å². The van der Waals surface area contributed by atoms with Crippen LogP contribution in [-0.2, 0) is 14.8 Å². The zero-order valence-corrected chi connectivity index (χ0v) is 11.1. The summed E-state index contributed by atoms with van der Waals surface area (Å²) in [7, 11) is -3.55. The fourth-order valence-corrected chi connectivity index (χ4v) is 3.99. The molecule has 0 atom stereocenters. The van der Waals surface area contributed by atoms with Crippen molar-refractivity contribution in [2.24, 2.45) is 0 Å². The largest absolute Gasteiger partial charge is 0.273 e. The highest BCUT2D eigenvalue weighted by molar-refractivity contribution is 7.94. The molecule has 1 aromatic rings. The van der Waals surface area contributed by atoms with Gasteiger partial charge >= 0.3 is 0 Å². The number of amides is 1. The molecule has 0 aromatic heterocycles. The minimum absolute atomic E-state index is 0.0198. The lowest BCUT2D eigenvalue weighted by Crippen LogP contribution is -2.30. The van der Waals surface area contributed by atoms with E-state index >= 15 is 0 Å². The molecule has 0 spiro atoms. The van der Waals surface area contributed by atoms with Gasteiger partial charge in [-0.15, -0.1) is 0 Å². The molecule has 92 valence electrons. The Bertz CT molecular complexity index is 572. The number of hydrogen-bond acceptors (Lipinski definition) is 3. The third-order valence-corrected chi connectivity index (χ3v) is 4.63. The molecule has 6 heteroatoms. The van der Waals surface area contributed by atoms with Crippen molar-refractivity contribution in [1.29, 1.82) is 0 Å². The molecule has 1 aromatic carbocycles. The van der Waals surface area contributed by atoms with Crippen LogP contribution >= 0.6 is 11.6 Å². The first-order valence-electron chi connectivity index (χ1n) is 5.15. The highest BCUT2D eigenvalue weighted by atomic mass is 35.5. The number of benzene rings is 1. The first kappa shape index (κ1) is 12.4. The van der Waals surface area contributed by atoms with Crippen molar-refractivity contribution in [1.82, 2.24) is 0 Å². The fourth-order valence-electron chi connectivity index (χ4n) is 1.99. The van der Waals surface area contributed by atoms with E-state index in [0.717, 1.165) is 9.87 Å². The van der Waals surface area contributed by atoms with Gasteiger partial charge in [0, 0.05) is 6.42 Å². The quantitative estimate of drug-likeness (QED) is 0.787. The summed E-state index contributed by atoms with van der Waals surface area (Å²) in [6, 6.07) is 3.47. The molecule has 1 aliphatic rings. The maximum absolute atomic E-state index is 11.8. The maximum Gasteiger partial charge on any atom is 0.242 e. The average Bonchev–Trinajstić information content (AvgIpc) is 2.43. The van der Waals surface area contributed by atoms with Gasteiger partial charge in [0.15, 0.2) is 0 Å². The maximum atomic E-state index is 11.8. The monoisotopic (exact) mass is 273 g/mol. The van der Waals surface area contributed by atoms with Gasteiger partial charge in [-0.1, -0.05) is 17.7 Å². The Morgan fingerprint density at radius 3 is 2.41 bits per heavy atom. The molecule has 2 rings (SSSR count). The highest BCUT2D eigenvalue weighted by Crippen LogP contribution is 2.35. The number of carbonyl (C=O) groups is 1. The van der Waals surface area contributed by atoms with Gasteiger partial charge in [-0.2, -0.15) is 0 Å². The second kappa shape index (κ2) is 3.99. The van der Waals surface area contributed by atoms with Crippen molar-refractivity contribution >= 4 is 33.2 Å². The summed E-state index contributed by atoms with van der Waals surface area (Å²) in [5, 5.41) is 0.293. The number of nitrogens with zero attached hydrogens (tertiary/aromatic N) is 1. The summed E-state index contributed by atoms with van der Waals surface area (Å²) in [4.78, 5) is 11.7. The second-order valence-electron chi connectivity index (χ2n) is 4.14. The van der Waals surface area contributed by atoms with Crippen LogP contribution in [0.15, 0.2) is 12.1 Å². The van der Waals surface area contributed by atoms with E-state index < -0.39 is 15.9 Å². The van der Waals surface area contributed by atoms with Gasteiger partial charge in [0.2, 0.25) is 15.9 Å². The van der Waals surface area contributed by atoms with Gasteiger partial charge in [0.25, 0.3) is 0 Å². The summed E-state index contributed by atoms with van der Waals surface area (Å²) < 4.78 is 24.5. The summed E-state index contributed by atoms with van der Waals surface area (Å²) in [6.07, 6.45) is 0.0198. The lowest BCUT2D eigenvalue weighted by molar-refractivity contribution is -0.116. The molecule has 0 bridgehead atoms. The Kier molecular flexibility index (Phi) is 2.91. The van der Waals surface area contributed by atoms with Crippen LogP contribution < -0.4 is 4.31 Å². The summed E-state index contributed by atoms with van der Waals surface area (Å²) >= 11 is 6.05. The molecular weight excluding hydrogens is 262 g/mol. The lowest BCUT2D eigenvalue weighted by Gasteiger charge is -2.19. The Balaban J connectivity index is 2.66.